The van der Waals surface area contributed by atoms with Crippen LogP contribution >= 0.6 is 0 Å². The molecule has 0 fully saturated rings. The molecule has 2 amide bonds. The van der Waals surface area contributed by atoms with E-state index >= 15 is 4.79 Å². The van der Waals surface area contributed by atoms with Crippen LogP contribution < -0.4 is 4.90 Å². The fourth-order valence-corrected chi connectivity index (χ4v) is 7.35. The van der Waals surface area contributed by atoms with Crippen LogP contribution in [0.1, 0.15) is 46.5 Å². The van der Waals surface area contributed by atoms with Crippen molar-refractivity contribution in [2.45, 2.75) is 27.2 Å². The summed E-state index contributed by atoms with van der Waals surface area (Å²) in [5, 5.41) is 2.19. The van der Waals surface area contributed by atoms with Crippen LogP contribution in [0.25, 0.3) is 60.9 Å². The Morgan fingerprint density at radius 1 is 0.462 bits per heavy atom. The van der Waals surface area contributed by atoms with Gasteiger partial charge in [-0.1, -0.05) is 148 Å². The van der Waals surface area contributed by atoms with Crippen molar-refractivity contribution in [1.29, 1.82) is 0 Å². The van der Waals surface area contributed by atoms with Crippen molar-refractivity contribution < 1.29 is 9.59 Å². The first-order chi connectivity index (χ1) is 25.5. The van der Waals surface area contributed by atoms with Gasteiger partial charge in [0.2, 0.25) is 0 Å². The van der Waals surface area contributed by atoms with Crippen molar-refractivity contribution in [1.82, 2.24) is 4.57 Å². The standard InChI is InChI=1S/C45H30N2O2.C3H8/c1-29-24-25-35-34-20-11-12-22-39(34)46(41(35)26-29)40-23-13-21-36-42(40)45(49)47(44(36)48)43-37(31-16-7-3-8-17-31)27-33(30-14-5-2-6-15-30)28-38(43)32-18-9-4-10-19-32;1-3-2/h2-28H,1H3;3H2,1-2H3. The Morgan fingerprint density at radius 2 is 1.00 bits per heavy atom. The van der Waals surface area contributed by atoms with Crippen LogP contribution in [0.4, 0.5) is 5.69 Å². The SMILES string of the molecule is CCC.Cc1ccc2c3ccccc3n(-c3cccc4c3C(=O)N(c3c(-c5ccccc5)cc(-c5ccccc5)cc3-c3ccccc3)C4=O)c2c1. The molecule has 4 heteroatoms. The third-order valence-corrected chi connectivity index (χ3v) is 9.57. The van der Waals surface area contributed by atoms with Crippen LogP contribution in [0, 0.1) is 6.92 Å². The molecule has 0 radical (unpaired) electrons. The zero-order valence-electron chi connectivity index (χ0n) is 29.5. The molecule has 7 aromatic carbocycles. The van der Waals surface area contributed by atoms with Gasteiger partial charge < -0.3 is 4.57 Å². The highest BCUT2D eigenvalue weighted by Crippen LogP contribution is 2.47. The van der Waals surface area contributed by atoms with Crippen molar-refractivity contribution in [2.24, 2.45) is 0 Å². The third-order valence-electron chi connectivity index (χ3n) is 9.57. The minimum absolute atomic E-state index is 0.333. The van der Waals surface area contributed by atoms with Gasteiger partial charge in [-0.25, -0.2) is 4.90 Å². The maximum absolute atomic E-state index is 15.1. The molecule has 0 spiro atoms. The minimum Gasteiger partial charge on any atom is -0.308 e. The first-order valence-corrected chi connectivity index (χ1v) is 17.9. The van der Waals surface area contributed by atoms with E-state index in [9.17, 15) is 4.79 Å². The molecule has 8 aromatic rings. The van der Waals surface area contributed by atoms with E-state index in [1.54, 1.807) is 6.07 Å². The molecule has 4 nitrogen and oxygen atoms in total. The molecule has 0 aliphatic carbocycles. The number of para-hydroxylation sites is 1. The second-order valence-electron chi connectivity index (χ2n) is 13.2. The molecule has 252 valence electrons. The van der Waals surface area contributed by atoms with Crippen LogP contribution in [0.3, 0.4) is 0 Å². The van der Waals surface area contributed by atoms with E-state index in [0.717, 1.165) is 60.8 Å². The number of hydrogen-bond donors (Lipinski definition) is 0. The number of benzene rings is 7. The second kappa shape index (κ2) is 13.7. The zero-order chi connectivity index (χ0) is 35.8. The summed E-state index contributed by atoms with van der Waals surface area (Å²) in [6.45, 7) is 6.32. The highest BCUT2D eigenvalue weighted by molar-refractivity contribution is 6.37. The molecule has 2 heterocycles. The van der Waals surface area contributed by atoms with Gasteiger partial charge in [0.15, 0.2) is 0 Å². The smallest absolute Gasteiger partial charge is 0.268 e. The number of fused-ring (bicyclic) bond motifs is 4. The molecular formula is C48H38N2O2. The molecule has 1 aromatic heterocycles. The lowest BCUT2D eigenvalue weighted by Crippen LogP contribution is -2.30. The molecule has 1 aliphatic rings. The van der Waals surface area contributed by atoms with Crippen molar-refractivity contribution in [3.63, 3.8) is 0 Å². The number of rotatable bonds is 5. The van der Waals surface area contributed by atoms with Gasteiger partial charge in [-0.15, -0.1) is 0 Å². The Morgan fingerprint density at radius 3 is 1.62 bits per heavy atom. The number of anilines is 1. The van der Waals surface area contributed by atoms with E-state index in [1.165, 1.54) is 11.3 Å². The summed E-state index contributed by atoms with van der Waals surface area (Å²) in [4.78, 5) is 31.2. The molecule has 9 rings (SSSR count). The summed E-state index contributed by atoms with van der Waals surface area (Å²) >= 11 is 0. The maximum atomic E-state index is 15.1. The predicted octanol–water partition coefficient (Wildman–Crippen LogP) is 12.3. The Bertz CT molecular complexity index is 2540. The molecule has 0 saturated carbocycles. The quantitative estimate of drug-likeness (QED) is 0.171. The fourth-order valence-electron chi connectivity index (χ4n) is 7.35. The average Bonchev–Trinajstić information content (AvgIpc) is 3.65. The number of carbonyl (C=O) groups is 2. The van der Waals surface area contributed by atoms with E-state index in [0.29, 0.717) is 22.5 Å². The highest BCUT2D eigenvalue weighted by atomic mass is 16.2. The van der Waals surface area contributed by atoms with Crippen LogP contribution in [-0.4, -0.2) is 16.4 Å². The molecule has 0 bridgehead atoms. The zero-order valence-corrected chi connectivity index (χ0v) is 29.5. The lowest BCUT2D eigenvalue weighted by atomic mass is 9.90. The number of amides is 2. The van der Waals surface area contributed by atoms with E-state index in [4.69, 9.17) is 0 Å². The van der Waals surface area contributed by atoms with Gasteiger partial charge in [-0.2, -0.15) is 0 Å². The summed E-state index contributed by atoms with van der Waals surface area (Å²) in [6.07, 6.45) is 1.25. The van der Waals surface area contributed by atoms with Gasteiger partial charge >= 0.3 is 0 Å². The Hall–Kier alpha value is -6.52. The van der Waals surface area contributed by atoms with Crippen LogP contribution in [-0.2, 0) is 0 Å². The summed E-state index contributed by atoms with van der Waals surface area (Å²) in [6, 6.07) is 54.7. The first-order valence-electron chi connectivity index (χ1n) is 17.9. The first kappa shape index (κ1) is 32.7. The van der Waals surface area contributed by atoms with Gasteiger partial charge in [-0.05, 0) is 71.1 Å². The normalized spacial score (nSPS) is 12.2. The van der Waals surface area contributed by atoms with Crippen molar-refractivity contribution in [3.05, 3.63) is 180 Å². The van der Waals surface area contributed by atoms with Crippen LogP contribution in [0.2, 0.25) is 0 Å². The average molecular weight is 675 g/mol. The molecule has 52 heavy (non-hydrogen) atoms. The van der Waals surface area contributed by atoms with Gasteiger partial charge in [0.05, 0.1) is 33.5 Å². The summed E-state index contributed by atoms with van der Waals surface area (Å²) < 4.78 is 2.14. The summed E-state index contributed by atoms with van der Waals surface area (Å²) in [5.41, 5.74) is 10.7. The number of nitrogens with zero attached hydrogens (tertiary/aromatic N) is 2. The largest absolute Gasteiger partial charge is 0.308 e. The molecular weight excluding hydrogens is 637 g/mol. The monoisotopic (exact) mass is 674 g/mol. The van der Waals surface area contributed by atoms with Gasteiger partial charge in [-0.3, -0.25) is 9.59 Å². The summed E-state index contributed by atoms with van der Waals surface area (Å²) in [7, 11) is 0. The lowest BCUT2D eigenvalue weighted by Gasteiger charge is -2.24. The number of carbonyl (C=O) groups excluding carboxylic acids is 2. The number of hydrogen-bond acceptors (Lipinski definition) is 2. The highest BCUT2D eigenvalue weighted by Gasteiger charge is 2.41. The van der Waals surface area contributed by atoms with Gasteiger partial charge in [0, 0.05) is 21.9 Å². The molecule has 0 N–H and O–H groups in total. The second-order valence-corrected chi connectivity index (χ2v) is 13.2. The van der Waals surface area contributed by atoms with E-state index in [-0.39, 0.29) is 11.8 Å². The molecule has 0 atom stereocenters. The van der Waals surface area contributed by atoms with Crippen LogP contribution in [0.15, 0.2) is 164 Å². The number of aromatic nitrogens is 1. The van der Waals surface area contributed by atoms with Crippen molar-refractivity contribution in [3.8, 4) is 39.1 Å². The maximum Gasteiger partial charge on any atom is 0.268 e. The van der Waals surface area contributed by atoms with Crippen LogP contribution in [0.5, 0.6) is 0 Å². The molecule has 0 saturated heterocycles. The number of aryl methyl sites for hydroxylation is 1. The lowest BCUT2D eigenvalue weighted by molar-refractivity contribution is 0.0926. The number of imide groups is 1. The van der Waals surface area contributed by atoms with E-state index in [1.807, 2.05) is 103 Å². The minimum atomic E-state index is -0.337. The van der Waals surface area contributed by atoms with E-state index < -0.39 is 0 Å². The summed E-state index contributed by atoms with van der Waals surface area (Å²) in [5.74, 6) is -0.670. The third kappa shape index (κ3) is 5.50. The fraction of sp³-hybridized carbons (Fsp3) is 0.0833. The Kier molecular flexibility index (Phi) is 8.58. The van der Waals surface area contributed by atoms with Crippen molar-refractivity contribution in [2.75, 3.05) is 4.90 Å². The Balaban J connectivity index is 0.00000125. The topological polar surface area (TPSA) is 42.3 Å². The van der Waals surface area contributed by atoms with Gasteiger partial charge in [0.25, 0.3) is 11.8 Å². The molecule has 1 aliphatic heterocycles. The predicted molar refractivity (Wildman–Crippen MR) is 215 cm³/mol. The molecule has 0 unspecified atom stereocenters. The van der Waals surface area contributed by atoms with E-state index in [2.05, 4.69) is 79.9 Å². The Labute approximate surface area is 304 Å². The van der Waals surface area contributed by atoms with Gasteiger partial charge in [0.1, 0.15) is 0 Å². The van der Waals surface area contributed by atoms with Crippen molar-refractivity contribution >= 4 is 39.3 Å².